The van der Waals surface area contributed by atoms with Crippen LogP contribution < -0.4 is 5.32 Å². The second-order valence-corrected chi connectivity index (χ2v) is 3.78. The highest BCUT2D eigenvalue weighted by molar-refractivity contribution is 5.77. The van der Waals surface area contributed by atoms with E-state index in [1.54, 1.807) is 0 Å². The molecule has 0 radical (unpaired) electrons. The first-order valence-electron chi connectivity index (χ1n) is 5.22. The van der Waals surface area contributed by atoms with Gasteiger partial charge in [0.2, 0.25) is 5.91 Å². The molecule has 1 aromatic carbocycles. The van der Waals surface area contributed by atoms with Gasteiger partial charge in [-0.3, -0.25) is 4.79 Å². The molecule has 92 valence electrons. The Morgan fingerprint density at radius 2 is 1.88 bits per heavy atom. The number of aliphatic hydroxyl groups is 1. The minimum atomic E-state index is -1.61. The summed E-state index contributed by atoms with van der Waals surface area (Å²) in [5.41, 5.74) is 0.853. The van der Waals surface area contributed by atoms with E-state index < -0.39 is 18.1 Å². The van der Waals surface area contributed by atoms with E-state index in [1.807, 2.05) is 30.3 Å². The van der Waals surface area contributed by atoms with Crippen molar-refractivity contribution in [2.24, 2.45) is 0 Å². The van der Waals surface area contributed by atoms with E-state index >= 15 is 0 Å². The summed E-state index contributed by atoms with van der Waals surface area (Å²) < 4.78 is 0. The molecule has 1 amide bonds. The number of aliphatic carboxylic acids is 1. The normalized spacial score (nSPS) is 13.8. The van der Waals surface area contributed by atoms with Gasteiger partial charge < -0.3 is 15.5 Å². The van der Waals surface area contributed by atoms with E-state index in [9.17, 15) is 14.7 Å². The molecular formula is C12H15NO4. The zero-order valence-corrected chi connectivity index (χ0v) is 9.46. The maximum Gasteiger partial charge on any atom is 0.334 e. The second kappa shape index (κ2) is 6.00. The summed E-state index contributed by atoms with van der Waals surface area (Å²) in [6.07, 6.45) is -1.34. The Morgan fingerprint density at radius 3 is 2.35 bits per heavy atom. The molecular weight excluding hydrogens is 222 g/mol. The molecule has 0 bridgehead atoms. The molecule has 0 aromatic heterocycles. The van der Waals surface area contributed by atoms with Crippen LogP contribution in [0, 0.1) is 0 Å². The highest BCUT2D eigenvalue weighted by atomic mass is 16.4. The Morgan fingerprint density at radius 1 is 1.29 bits per heavy atom. The molecule has 0 aliphatic heterocycles. The van der Waals surface area contributed by atoms with E-state index in [0.29, 0.717) is 0 Å². The largest absolute Gasteiger partial charge is 0.479 e. The third-order valence-electron chi connectivity index (χ3n) is 2.32. The number of carboxylic acids is 1. The van der Waals surface area contributed by atoms with Crippen molar-refractivity contribution in [2.75, 3.05) is 0 Å². The van der Waals surface area contributed by atoms with E-state index in [1.165, 1.54) is 6.92 Å². The van der Waals surface area contributed by atoms with Crippen LogP contribution in [0.2, 0.25) is 0 Å². The number of rotatable bonds is 5. The molecule has 5 nitrogen and oxygen atoms in total. The summed E-state index contributed by atoms with van der Waals surface area (Å²) in [6.45, 7) is 1.28. The van der Waals surface area contributed by atoms with Gasteiger partial charge in [-0.1, -0.05) is 30.3 Å². The first kappa shape index (κ1) is 13.2. The third kappa shape index (κ3) is 4.24. The van der Waals surface area contributed by atoms with Crippen LogP contribution >= 0.6 is 0 Å². The molecule has 0 fully saturated rings. The number of carboxylic acid groups (broad SMARTS) is 1. The highest BCUT2D eigenvalue weighted by Gasteiger charge is 2.26. The molecule has 3 N–H and O–H groups in total. The van der Waals surface area contributed by atoms with E-state index in [4.69, 9.17) is 5.11 Å². The van der Waals surface area contributed by atoms with Crippen molar-refractivity contribution in [2.45, 2.75) is 25.5 Å². The molecule has 0 spiro atoms. The first-order valence-corrected chi connectivity index (χ1v) is 5.22. The first-order chi connectivity index (χ1) is 8.00. The predicted octanol–water partition coefficient (Wildman–Crippen LogP) is 0.179. The fraction of sp³-hybridized carbons (Fsp3) is 0.333. The number of hydrogen-bond acceptors (Lipinski definition) is 3. The summed E-state index contributed by atoms with van der Waals surface area (Å²) in [6, 6.07) is 8.25. The van der Waals surface area contributed by atoms with Gasteiger partial charge in [-0.25, -0.2) is 4.79 Å². The number of aliphatic hydroxyl groups excluding tert-OH is 1. The molecule has 0 aliphatic rings. The standard InChI is InChI=1S/C12H15NO4/c1-8(14)13-10(11(15)12(16)17)7-9-5-3-2-4-6-9/h2-6,10-11,15H,7H2,1H3,(H,13,14)(H,16,17)/t10-,11-/m0/s1. The summed E-state index contributed by atoms with van der Waals surface area (Å²) in [7, 11) is 0. The minimum absolute atomic E-state index is 0.272. The summed E-state index contributed by atoms with van der Waals surface area (Å²) in [5.74, 6) is -1.72. The molecule has 0 saturated carbocycles. The molecule has 5 heteroatoms. The fourth-order valence-corrected chi connectivity index (χ4v) is 1.54. The van der Waals surface area contributed by atoms with E-state index in [-0.39, 0.29) is 12.3 Å². The fourth-order valence-electron chi connectivity index (χ4n) is 1.54. The van der Waals surface area contributed by atoms with E-state index in [0.717, 1.165) is 5.56 Å². The monoisotopic (exact) mass is 237 g/mol. The van der Waals surface area contributed by atoms with Crippen molar-refractivity contribution >= 4 is 11.9 Å². The van der Waals surface area contributed by atoms with Gasteiger partial charge in [0, 0.05) is 6.92 Å². The molecule has 0 unspecified atom stereocenters. The Labute approximate surface area is 99.1 Å². The molecule has 2 atom stereocenters. The van der Waals surface area contributed by atoms with Crippen LogP contribution in [0.3, 0.4) is 0 Å². The number of nitrogens with one attached hydrogen (secondary N) is 1. The summed E-state index contributed by atoms with van der Waals surface area (Å²) in [4.78, 5) is 21.7. The highest BCUT2D eigenvalue weighted by Crippen LogP contribution is 2.06. The zero-order valence-electron chi connectivity index (χ0n) is 9.46. The lowest BCUT2D eigenvalue weighted by Gasteiger charge is -2.20. The average Bonchev–Trinajstić information content (AvgIpc) is 2.28. The molecule has 1 rings (SSSR count). The molecule has 0 heterocycles. The van der Waals surface area contributed by atoms with Crippen LogP contribution in [0.4, 0.5) is 0 Å². The van der Waals surface area contributed by atoms with Crippen molar-refractivity contribution in [3.05, 3.63) is 35.9 Å². The zero-order chi connectivity index (χ0) is 12.8. The van der Waals surface area contributed by atoms with Gasteiger partial charge >= 0.3 is 5.97 Å². The lowest BCUT2D eigenvalue weighted by molar-refractivity contribution is -0.148. The summed E-state index contributed by atoms with van der Waals surface area (Å²) in [5, 5.41) is 20.7. The van der Waals surface area contributed by atoms with Crippen molar-refractivity contribution in [3.63, 3.8) is 0 Å². The van der Waals surface area contributed by atoms with Gasteiger partial charge in [-0.05, 0) is 12.0 Å². The second-order valence-electron chi connectivity index (χ2n) is 3.78. The van der Waals surface area contributed by atoms with Gasteiger partial charge in [0.1, 0.15) is 0 Å². The van der Waals surface area contributed by atoms with Crippen molar-refractivity contribution in [3.8, 4) is 0 Å². The van der Waals surface area contributed by atoms with Crippen LogP contribution in [0.15, 0.2) is 30.3 Å². The predicted molar refractivity (Wildman–Crippen MR) is 61.4 cm³/mol. The smallest absolute Gasteiger partial charge is 0.334 e. The van der Waals surface area contributed by atoms with Crippen molar-refractivity contribution < 1.29 is 19.8 Å². The third-order valence-corrected chi connectivity index (χ3v) is 2.32. The SMILES string of the molecule is CC(=O)N[C@@H](Cc1ccccc1)[C@H](O)C(=O)O. The summed E-state index contributed by atoms with van der Waals surface area (Å²) >= 11 is 0. The number of benzene rings is 1. The number of amides is 1. The van der Waals surface area contributed by atoms with Gasteiger partial charge in [-0.2, -0.15) is 0 Å². The number of carbonyl (C=O) groups is 2. The Hall–Kier alpha value is -1.88. The van der Waals surface area contributed by atoms with Crippen LogP contribution in [0.1, 0.15) is 12.5 Å². The maximum absolute atomic E-state index is 11.0. The minimum Gasteiger partial charge on any atom is -0.479 e. The quantitative estimate of drug-likeness (QED) is 0.681. The lowest BCUT2D eigenvalue weighted by atomic mass is 10.0. The lowest BCUT2D eigenvalue weighted by Crippen LogP contribution is -2.47. The van der Waals surface area contributed by atoms with Crippen LogP contribution in [-0.2, 0) is 16.0 Å². The van der Waals surface area contributed by atoms with Crippen LogP contribution in [0.5, 0.6) is 0 Å². The average molecular weight is 237 g/mol. The Balaban J connectivity index is 2.77. The Bertz CT molecular complexity index is 391. The molecule has 17 heavy (non-hydrogen) atoms. The van der Waals surface area contributed by atoms with Gasteiger partial charge in [0.05, 0.1) is 6.04 Å². The number of hydrogen-bond donors (Lipinski definition) is 3. The van der Waals surface area contributed by atoms with E-state index in [2.05, 4.69) is 5.32 Å². The topological polar surface area (TPSA) is 86.6 Å². The van der Waals surface area contributed by atoms with Crippen molar-refractivity contribution in [1.29, 1.82) is 0 Å². The van der Waals surface area contributed by atoms with Crippen molar-refractivity contribution in [1.82, 2.24) is 5.32 Å². The van der Waals surface area contributed by atoms with Crippen LogP contribution in [0.25, 0.3) is 0 Å². The van der Waals surface area contributed by atoms with Crippen LogP contribution in [-0.4, -0.2) is 34.2 Å². The number of carbonyl (C=O) groups excluding carboxylic acids is 1. The maximum atomic E-state index is 11.0. The molecule has 0 saturated heterocycles. The van der Waals surface area contributed by atoms with Gasteiger partial charge in [-0.15, -0.1) is 0 Å². The van der Waals surface area contributed by atoms with Gasteiger partial charge in [0.15, 0.2) is 6.10 Å². The van der Waals surface area contributed by atoms with Gasteiger partial charge in [0.25, 0.3) is 0 Å². The molecule has 0 aliphatic carbocycles. The Kier molecular flexibility index (Phi) is 4.66. The molecule has 1 aromatic rings.